The van der Waals surface area contributed by atoms with E-state index in [1.165, 1.54) is 24.2 Å². The van der Waals surface area contributed by atoms with Gasteiger partial charge >= 0.3 is 0 Å². The molecule has 1 aromatic carbocycles. The zero-order valence-electron chi connectivity index (χ0n) is 13.8. The molecule has 0 spiro atoms. The van der Waals surface area contributed by atoms with E-state index in [1.54, 1.807) is 12.1 Å². The first-order valence-electron chi connectivity index (χ1n) is 8.45. The zero-order chi connectivity index (χ0) is 17.6. The predicted octanol–water partition coefficient (Wildman–Crippen LogP) is 5.32. The van der Waals surface area contributed by atoms with Crippen LogP contribution in [0, 0.1) is 0 Å². The smallest absolute Gasteiger partial charge is 0.224 e. The summed E-state index contributed by atoms with van der Waals surface area (Å²) in [6.45, 7) is 0. The molecule has 1 aromatic heterocycles. The predicted molar refractivity (Wildman–Crippen MR) is 101 cm³/mol. The summed E-state index contributed by atoms with van der Waals surface area (Å²) < 4.78 is 6.47. The van der Waals surface area contributed by atoms with Crippen LogP contribution in [0.1, 0.15) is 48.2 Å². The Morgan fingerprint density at radius 1 is 1.08 bits per heavy atom. The summed E-state index contributed by atoms with van der Waals surface area (Å²) in [7, 11) is 0. The van der Waals surface area contributed by atoms with Crippen LogP contribution in [0.15, 0.2) is 36.4 Å². The maximum absolute atomic E-state index is 12.0. The van der Waals surface area contributed by atoms with Gasteiger partial charge in [0.2, 0.25) is 5.91 Å². The lowest BCUT2D eigenvalue weighted by atomic mass is 10.2. The average Bonchev–Trinajstić information content (AvgIpc) is 3.26. The number of thiophene rings is 1. The van der Waals surface area contributed by atoms with Crippen molar-refractivity contribution in [3.05, 3.63) is 45.6 Å². The lowest BCUT2D eigenvalue weighted by molar-refractivity contribution is -0.116. The Labute approximate surface area is 156 Å². The van der Waals surface area contributed by atoms with Gasteiger partial charge in [0.1, 0.15) is 5.75 Å². The molecule has 0 radical (unpaired) electrons. The van der Waals surface area contributed by atoms with E-state index in [2.05, 4.69) is 5.32 Å². The molecule has 132 valence electrons. The van der Waals surface area contributed by atoms with Gasteiger partial charge in [0, 0.05) is 18.5 Å². The van der Waals surface area contributed by atoms with Crippen molar-refractivity contribution >= 4 is 40.3 Å². The Kier molecular flexibility index (Phi) is 6.10. The third-order valence-corrected chi connectivity index (χ3v) is 5.44. The van der Waals surface area contributed by atoms with Crippen molar-refractivity contribution in [3.8, 4) is 5.75 Å². The number of nitrogens with one attached hydrogen (secondary N) is 1. The Morgan fingerprint density at radius 2 is 1.80 bits per heavy atom. The molecule has 1 heterocycles. The third-order valence-electron chi connectivity index (χ3n) is 4.17. The van der Waals surface area contributed by atoms with Crippen LogP contribution in [0.3, 0.4) is 0 Å². The van der Waals surface area contributed by atoms with Crippen LogP contribution in [0.25, 0.3) is 0 Å². The number of benzene rings is 1. The fourth-order valence-corrected chi connectivity index (χ4v) is 3.86. The quantitative estimate of drug-likeness (QED) is 0.664. The normalized spacial score (nSPS) is 14.4. The van der Waals surface area contributed by atoms with Gasteiger partial charge in [0.25, 0.3) is 0 Å². The number of hydrogen-bond donors (Lipinski definition) is 1. The van der Waals surface area contributed by atoms with Crippen molar-refractivity contribution in [1.29, 1.82) is 0 Å². The van der Waals surface area contributed by atoms with Gasteiger partial charge in [0.15, 0.2) is 5.78 Å². The molecule has 25 heavy (non-hydrogen) atoms. The molecule has 1 amide bonds. The van der Waals surface area contributed by atoms with E-state index >= 15 is 0 Å². The molecule has 0 saturated heterocycles. The van der Waals surface area contributed by atoms with E-state index in [9.17, 15) is 9.59 Å². The van der Waals surface area contributed by atoms with Crippen molar-refractivity contribution in [2.24, 2.45) is 0 Å². The van der Waals surface area contributed by atoms with Gasteiger partial charge in [-0.3, -0.25) is 9.59 Å². The van der Waals surface area contributed by atoms with E-state index in [0.29, 0.717) is 21.0 Å². The minimum Gasteiger partial charge on any atom is -0.490 e. The van der Waals surface area contributed by atoms with Crippen LogP contribution in [0.4, 0.5) is 5.69 Å². The molecule has 6 heteroatoms. The molecule has 1 saturated carbocycles. The molecule has 0 atom stereocenters. The lowest BCUT2D eigenvalue weighted by Gasteiger charge is -2.13. The Hall–Kier alpha value is -1.85. The van der Waals surface area contributed by atoms with E-state index < -0.39 is 0 Å². The number of hydrogen-bond acceptors (Lipinski definition) is 4. The standard InChI is InChI=1S/C19H20ClNO3S/c20-18-11-10-17(25-18)16(22)9-12-19(23)21-13-5-7-15(8-6-13)24-14-3-1-2-4-14/h5-8,10-11,14H,1-4,9,12H2,(H,21,23). The van der Waals surface area contributed by atoms with Gasteiger partial charge in [-0.2, -0.15) is 0 Å². The van der Waals surface area contributed by atoms with Crippen LogP contribution >= 0.6 is 22.9 Å². The van der Waals surface area contributed by atoms with Gasteiger partial charge in [-0.1, -0.05) is 11.6 Å². The summed E-state index contributed by atoms with van der Waals surface area (Å²) in [5, 5.41) is 2.81. The topological polar surface area (TPSA) is 55.4 Å². The molecule has 1 fully saturated rings. The number of ether oxygens (including phenoxy) is 1. The Bertz CT molecular complexity index is 735. The fourth-order valence-electron chi connectivity index (χ4n) is 2.85. The summed E-state index contributed by atoms with van der Waals surface area (Å²) in [5.41, 5.74) is 0.704. The summed E-state index contributed by atoms with van der Waals surface area (Å²) in [4.78, 5) is 24.6. The molecule has 0 aliphatic heterocycles. The number of carbonyl (C=O) groups is 2. The van der Waals surface area contributed by atoms with E-state index in [1.807, 2.05) is 24.3 Å². The largest absolute Gasteiger partial charge is 0.490 e. The molecule has 4 nitrogen and oxygen atoms in total. The molecule has 2 aromatic rings. The van der Waals surface area contributed by atoms with Crippen molar-refractivity contribution in [3.63, 3.8) is 0 Å². The summed E-state index contributed by atoms with van der Waals surface area (Å²) in [5.74, 6) is 0.586. The van der Waals surface area contributed by atoms with Crippen LogP contribution in [0.5, 0.6) is 5.75 Å². The minimum absolute atomic E-state index is 0.0626. The molecule has 3 rings (SSSR count). The maximum Gasteiger partial charge on any atom is 0.224 e. The van der Waals surface area contributed by atoms with Crippen molar-refractivity contribution in [1.82, 2.24) is 0 Å². The van der Waals surface area contributed by atoms with Gasteiger partial charge < -0.3 is 10.1 Å². The highest BCUT2D eigenvalue weighted by molar-refractivity contribution is 7.18. The molecular formula is C19H20ClNO3S. The molecule has 0 bridgehead atoms. The number of rotatable bonds is 7. The van der Waals surface area contributed by atoms with Gasteiger partial charge in [-0.15, -0.1) is 11.3 Å². The molecular weight excluding hydrogens is 358 g/mol. The first-order chi connectivity index (χ1) is 12.1. The second kappa shape index (κ2) is 8.50. The molecule has 0 unspecified atom stereocenters. The van der Waals surface area contributed by atoms with Crippen molar-refractivity contribution in [2.45, 2.75) is 44.6 Å². The molecule has 1 N–H and O–H groups in total. The van der Waals surface area contributed by atoms with E-state index in [-0.39, 0.29) is 24.5 Å². The number of anilines is 1. The van der Waals surface area contributed by atoms with Crippen LogP contribution in [-0.4, -0.2) is 17.8 Å². The van der Waals surface area contributed by atoms with Crippen LogP contribution in [0.2, 0.25) is 4.34 Å². The fraction of sp³-hybridized carbons (Fsp3) is 0.368. The monoisotopic (exact) mass is 377 g/mol. The molecule has 1 aliphatic rings. The summed E-state index contributed by atoms with van der Waals surface area (Å²) in [6, 6.07) is 10.8. The van der Waals surface area contributed by atoms with Crippen molar-refractivity contribution < 1.29 is 14.3 Å². The highest BCUT2D eigenvalue weighted by atomic mass is 35.5. The van der Waals surface area contributed by atoms with Crippen LogP contribution < -0.4 is 10.1 Å². The Morgan fingerprint density at radius 3 is 2.44 bits per heavy atom. The van der Waals surface area contributed by atoms with Gasteiger partial charge in [0.05, 0.1) is 15.3 Å². The lowest BCUT2D eigenvalue weighted by Crippen LogP contribution is -2.13. The number of amides is 1. The number of halogens is 1. The van der Waals surface area contributed by atoms with Crippen LogP contribution in [-0.2, 0) is 4.79 Å². The highest BCUT2D eigenvalue weighted by Gasteiger charge is 2.16. The zero-order valence-corrected chi connectivity index (χ0v) is 15.4. The minimum atomic E-state index is -0.180. The maximum atomic E-state index is 12.0. The third kappa shape index (κ3) is 5.31. The summed E-state index contributed by atoms with van der Waals surface area (Å²) >= 11 is 7.05. The number of carbonyl (C=O) groups excluding carboxylic acids is 2. The average molecular weight is 378 g/mol. The van der Waals surface area contributed by atoms with E-state index in [4.69, 9.17) is 16.3 Å². The van der Waals surface area contributed by atoms with E-state index in [0.717, 1.165) is 18.6 Å². The highest BCUT2D eigenvalue weighted by Crippen LogP contribution is 2.25. The summed E-state index contributed by atoms with van der Waals surface area (Å²) in [6.07, 6.45) is 5.33. The second-order valence-electron chi connectivity index (χ2n) is 6.12. The first kappa shape index (κ1) is 18.0. The number of ketones is 1. The first-order valence-corrected chi connectivity index (χ1v) is 9.65. The van der Waals surface area contributed by atoms with Gasteiger partial charge in [-0.25, -0.2) is 0 Å². The number of Topliss-reactive ketones (excluding diaryl/α,β-unsaturated/α-hetero) is 1. The van der Waals surface area contributed by atoms with Gasteiger partial charge in [-0.05, 0) is 62.1 Å². The molecule has 1 aliphatic carbocycles. The van der Waals surface area contributed by atoms with Crippen molar-refractivity contribution in [2.75, 3.05) is 5.32 Å². The Balaban J connectivity index is 1.45. The SMILES string of the molecule is O=C(CCC(=O)c1ccc(Cl)s1)Nc1ccc(OC2CCCC2)cc1. The second-order valence-corrected chi connectivity index (χ2v) is 7.84.